The number of carbonyl (C=O) groups is 2. The van der Waals surface area contributed by atoms with Crippen molar-refractivity contribution >= 4 is 29.1 Å². The van der Waals surface area contributed by atoms with Crippen LogP contribution >= 0.6 is 11.6 Å². The lowest BCUT2D eigenvalue weighted by atomic mass is 10.2. The molecule has 1 aromatic rings. The summed E-state index contributed by atoms with van der Waals surface area (Å²) in [5.41, 5.74) is 0.562. The molecule has 2 saturated heterocycles. The quantitative estimate of drug-likeness (QED) is 0.738. The predicted molar refractivity (Wildman–Crippen MR) is 112 cm³/mol. The van der Waals surface area contributed by atoms with Crippen LogP contribution in [-0.2, 0) is 14.3 Å². The van der Waals surface area contributed by atoms with Crippen LogP contribution < -0.4 is 10.1 Å². The Morgan fingerprint density at radius 2 is 1.86 bits per heavy atom. The van der Waals surface area contributed by atoms with Crippen LogP contribution in [0, 0.1) is 0 Å². The second kappa shape index (κ2) is 10.2. The van der Waals surface area contributed by atoms with E-state index in [1.807, 2.05) is 11.8 Å². The zero-order valence-corrected chi connectivity index (χ0v) is 17.8. The van der Waals surface area contributed by atoms with Crippen molar-refractivity contribution in [2.75, 3.05) is 71.5 Å². The van der Waals surface area contributed by atoms with Crippen LogP contribution in [-0.4, -0.2) is 98.7 Å². The van der Waals surface area contributed by atoms with Gasteiger partial charge in [-0.1, -0.05) is 11.6 Å². The third-order valence-electron chi connectivity index (χ3n) is 5.48. The summed E-state index contributed by atoms with van der Waals surface area (Å²) in [5, 5.41) is 3.44. The highest BCUT2D eigenvalue weighted by Gasteiger charge is 2.28. The van der Waals surface area contributed by atoms with Gasteiger partial charge in [0.1, 0.15) is 5.75 Å². The Kier molecular flexibility index (Phi) is 7.71. The van der Waals surface area contributed by atoms with Gasteiger partial charge >= 0.3 is 0 Å². The number of carbonyl (C=O) groups excluding carboxylic acids is 2. The molecule has 9 heteroatoms. The van der Waals surface area contributed by atoms with Gasteiger partial charge in [-0.15, -0.1) is 0 Å². The average Bonchev–Trinajstić information content (AvgIpc) is 2.74. The first-order valence-electron chi connectivity index (χ1n) is 9.94. The van der Waals surface area contributed by atoms with Crippen LogP contribution in [0.25, 0.3) is 0 Å². The summed E-state index contributed by atoms with van der Waals surface area (Å²) in [6.07, 6.45) is 0. The first kappa shape index (κ1) is 21.8. The number of nitrogens with zero attached hydrogens (tertiary/aromatic N) is 3. The molecule has 2 amide bonds. The van der Waals surface area contributed by atoms with Crippen molar-refractivity contribution in [1.29, 1.82) is 0 Å². The van der Waals surface area contributed by atoms with Crippen molar-refractivity contribution < 1.29 is 19.1 Å². The average molecular weight is 425 g/mol. The molecule has 0 unspecified atom stereocenters. The van der Waals surface area contributed by atoms with Crippen molar-refractivity contribution in [2.45, 2.75) is 13.0 Å². The molecular weight excluding hydrogens is 396 g/mol. The topological polar surface area (TPSA) is 74.4 Å². The summed E-state index contributed by atoms with van der Waals surface area (Å²) < 4.78 is 10.6. The number of methoxy groups -OCH3 is 1. The Bertz CT molecular complexity index is 718. The highest BCUT2D eigenvalue weighted by molar-refractivity contribution is 6.31. The van der Waals surface area contributed by atoms with Gasteiger partial charge in [0, 0.05) is 44.3 Å². The van der Waals surface area contributed by atoms with Crippen LogP contribution in [0.5, 0.6) is 5.75 Å². The number of rotatable bonds is 6. The lowest BCUT2D eigenvalue weighted by molar-refractivity contribution is -0.137. The second-order valence-corrected chi connectivity index (χ2v) is 7.75. The lowest BCUT2D eigenvalue weighted by Gasteiger charge is -2.38. The molecule has 160 valence electrons. The van der Waals surface area contributed by atoms with Gasteiger partial charge in [-0.3, -0.25) is 19.4 Å². The summed E-state index contributed by atoms with van der Waals surface area (Å²) in [4.78, 5) is 31.3. The fraction of sp³-hybridized carbons (Fsp3) is 0.600. The van der Waals surface area contributed by atoms with E-state index in [9.17, 15) is 9.59 Å². The minimum Gasteiger partial charge on any atom is -0.495 e. The van der Waals surface area contributed by atoms with Gasteiger partial charge in [-0.05, 0) is 25.1 Å². The fourth-order valence-electron chi connectivity index (χ4n) is 3.59. The summed E-state index contributed by atoms with van der Waals surface area (Å²) in [6, 6.07) is 4.83. The van der Waals surface area contributed by atoms with Gasteiger partial charge in [0.15, 0.2) is 0 Å². The van der Waals surface area contributed by atoms with Crippen molar-refractivity contribution in [3.8, 4) is 5.75 Å². The smallest absolute Gasteiger partial charge is 0.241 e. The molecule has 2 heterocycles. The van der Waals surface area contributed by atoms with Crippen molar-refractivity contribution in [3.63, 3.8) is 0 Å². The number of benzene rings is 1. The number of ether oxygens (including phenoxy) is 2. The molecule has 0 aliphatic carbocycles. The third kappa shape index (κ3) is 5.82. The van der Waals surface area contributed by atoms with E-state index in [4.69, 9.17) is 21.1 Å². The van der Waals surface area contributed by atoms with E-state index < -0.39 is 0 Å². The second-order valence-electron chi connectivity index (χ2n) is 7.32. The molecule has 0 radical (unpaired) electrons. The fourth-order valence-corrected chi connectivity index (χ4v) is 3.77. The minimum absolute atomic E-state index is 0.108. The number of anilines is 1. The maximum absolute atomic E-state index is 12.7. The molecule has 0 spiro atoms. The highest BCUT2D eigenvalue weighted by Crippen LogP contribution is 2.28. The molecule has 1 aromatic carbocycles. The molecule has 0 saturated carbocycles. The molecule has 2 aliphatic heterocycles. The molecule has 1 atom stereocenters. The van der Waals surface area contributed by atoms with Crippen molar-refractivity contribution in [3.05, 3.63) is 23.2 Å². The summed E-state index contributed by atoms with van der Waals surface area (Å²) in [6.45, 7) is 7.87. The molecule has 2 aliphatic rings. The molecule has 3 rings (SSSR count). The van der Waals surface area contributed by atoms with Gasteiger partial charge in [0.2, 0.25) is 11.8 Å². The molecular formula is C20H29ClN4O4. The number of amides is 2. The zero-order chi connectivity index (χ0) is 20.8. The van der Waals surface area contributed by atoms with Gasteiger partial charge in [0.25, 0.3) is 0 Å². The predicted octanol–water partition coefficient (Wildman–Crippen LogP) is 1.15. The van der Waals surface area contributed by atoms with E-state index in [1.54, 1.807) is 25.3 Å². The van der Waals surface area contributed by atoms with Crippen molar-refractivity contribution in [1.82, 2.24) is 14.7 Å². The zero-order valence-electron chi connectivity index (χ0n) is 17.0. The number of nitrogens with one attached hydrogen (secondary N) is 1. The standard InChI is InChI=1S/C20H29ClN4O4/c1-15(20(27)22-17-13-16(21)3-4-18(17)28-2)24-7-5-23(6-8-24)14-19(26)25-9-11-29-12-10-25/h3-4,13,15H,5-12,14H2,1-2H3,(H,22,27)/t15-/m0/s1. The monoisotopic (exact) mass is 424 g/mol. The molecule has 29 heavy (non-hydrogen) atoms. The van der Waals surface area contributed by atoms with Crippen LogP contribution in [0.3, 0.4) is 0 Å². The summed E-state index contributed by atoms with van der Waals surface area (Å²) >= 11 is 6.04. The van der Waals surface area contributed by atoms with E-state index in [2.05, 4.69) is 15.1 Å². The summed E-state index contributed by atoms with van der Waals surface area (Å²) in [5.74, 6) is 0.616. The van der Waals surface area contributed by atoms with Crippen LogP contribution in [0.1, 0.15) is 6.92 Å². The number of morpholine rings is 1. The largest absolute Gasteiger partial charge is 0.495 e. The third-order valence-corrected chi connectivity index (χ3v) is 5.71. The lowest BCUT2D eigenvalue weighted by Crippen LogP contribution is -2.55. The molecule has 8 nitrogen and oxygen atoms in total. The Morgan fingerprint density at radius 1 is 1.17 bits per heavy atom. The molecule has 0 aromatic heterocycles. The van der Waals surface area contributed by atoms with E-state index in [-0.39, 0.29) is 17.9 Å². The van der Waals surface area contributed by atoms with Gasteiger partial charge in [0.05, 0.1) is 38.6 Å². The van der Waals surface area contributed by atoms with Gasteiger partial charge in [-0.2, -0.15) is 0 Å². The maximum Gasteiger partial charge on any atom is 0.241 e. The normalized spacial score (nSPS) is 19.6. The number of halogens is 1. The van der Waals surface area contributed by atoms with E-state index >= 15 is 0 Å². The minimum atomic E-state index is -0.296. The number of hydrogen-bond donors (Lipinski definition) is 1. The van der Waals surface area contributed by atoms with E-state index in [1.165, 1.54) is 0 Å². The van der Waals surface area contributed by atoms with E-state index in [0.29, 0.717) is 49.3 Å². The van der Waals surface area contributed by atoms with Crippen LogP contribution in [0.15, 0.2) is 18.2 Å². The Labute approximate surface area is 176 Å². The van der Waals surface area contributed by atoms with Gasteiger partial charge in [-0.25, -0.2) is 0 Å². The van der Waals surface area contributed by atoms with Gasteiger partial charge < -0.3 is 19.7 Å². The summed E-state index contributed by atoms with van der Waals surface area (Å²) in [7, 11) is 1.56. The first-order chi connectivity index (χ1) is 14.0. The van der Waals surface area contributed by atoms with Crippen LogP contribution in [0.4, 0.5) is 5.69 Å². The Hall–Kier alpha value is -1.87. The molecule has 0 bridgehead atoms. The molecule has 1 N–H and O–H groups in total. The molecule has 2 fully saturated rings. The highest BCUT2D eigenvalue weighted by atomic mass is 35.5. The Balaban J connectivity index is 1.48. The maximum atomic E-state index is 12.7. The van der Waals surface area contributed by atoms with Crippen LogP contribution in [0.2, 0.25) is 5.02 Å². The Morgan fingerprint density at radius 3 is 2.52 bits per heavy atom. The van der Waals surface area contributed by atoms with E-state index in [0.717, 1.165) is 26.2 Å². The first-order valence-corrected chi connectivity index (χ1v) is 10.3. The van der Waals surface area contributed by atoms with Crippen molar-refractivity contribution in [2.24, 2.45) is 0 Å². The number of piperazine rings is 1. The SMILES string of the molecule is COc1ccc(Cl)cc1NC(=O)[C@H](C)N1CCN(CC(=O)N2CCOCC2)CC1. The number of hydrogen-bond acceptors (Lipinski definition) is 6.